The van der Waals surface area contributed by atoms with Gasteiger partial charge in [-0.05, 0) is 62.2 Å². The molecule has 0 aromatic heterocycles. The van der Waals surface area contributed by atoms with Gasteiger partial charge in [-0.3, -0.25) is 9.59 Å². The fraction of sp³-hybridized carbons (Fsp3) is 0.300. The van der Waals surface area contributed by atoms with Crippen molar-refractivity contribution in [2.24, 2.45) is 10.6 Å². The first-order valence-electron chi connectivity index (χ1n) is 9.39. The van der Waals surface area contributed by atoms with Crippen LogP contribution in [0.4, 0.5) is 5.69 Å². The summed E-state index contributed by atoms with van der Waals surface area (Å²) in [5.74, 6) is -1.12. The zero-order valence-electron chi connectivity index (χ0n) is 17.0. The summed E-state index contributed by atoms with van der Waals surface area (Å²) < 4.78 is 48.0. The van der Waals surface area contributed by atoms with Crippen LogP contribution in [-0.4, -0.2) is 40.9 Å². The molecule has 1 heterocycles. The minimum Gasteiger partial charge on any atom is -0.352 e. The molecule has 1 aliphatic heterocycles. The van der Waals surface area contributed by atoms with Gasteiger partial charge in [-0.15, -0.1) is 0 Å². The molecule has 1 saturated heterocycles. The summed E-state index contributed by atoms with van der Waals surface area (Å²) >= 11 is 0. The average molecular weight is 466 g/mol. The van der Waals surface area contributed by atoms with Crippen LogP contribution in [-0.2, 0) is 31.3 Å². The summed E-state index contributed by atoms with van der Waals surface area (Å²) in [5, 5.41) is 7.80. The van der Waals surface area contributed by atoms with E-state index in [0.29, 0.717) is 18.5 Å². The van der Waals surface area contributed by atoms with E-state index < -0.39 is 31.4 Å². The fourth-order valence-corrected chi connectivity index (χ4v) is 5.90. The van der Waals surface area contributed by atoms with Crippen LogP contribution >= 0.6 is 0 Å². The minimum atomic E-state index is -3.75. The molecule has 31 heavy (non-hydrogen) atoms. The van der Waals surface area contributed by atoms with Gasteiger partial charge < -0.3 is 5.32 Å². The van der Waals surface area contributed by atoms with Crippen molar-refractivity contribution in [1.29, 1.82) is 0 Å². The topological polar surface area (TPSA) is 144 Å². The summed E-state index contributed by atoms with van der Waals surface area (Å²) in [5.41, 5.74) is 0.337. The molecule has 3 rings (SSSR count). The minimum absolute atomic E-state index is 0.0160. The summed E-state index contributed by atoms with van der Waals surface area (Å²) in [6, 6.07) is 11.8. The van der Waals surface area contributed by atoms with Crippen LogP contribution in [0.1, 0.15) is 29.8 Å². The molecule has 0 bridgehead atoms. The molecule has 166 valence electrons. The predicted molar refractivity (Wildman–Crippen MR) is 115 cm³/mol. The Labute approximate surface area is 181 Å². The van der Waals surface area contributed by atoms with Crippen molar-refractivity contribution in [2.75, 3.05) is 16.6 Å². The maximum atomic E-state index is 12.4. The third-order valence-corrected chi connectivity index (χ3v) is 7.85. The molecule has 0 aliphatic carbocycles. The highest BCUT2D eigenvalue weighted by Crippen LogP contribution is 2.35. The summed E-state index contributed by atoms with van der Waals surface area (Å²) in [6.45, 7) is 3.47. The number of hydrogen-bond acceptors (Lipinski definition) is 6. The Morgan fingerprint density at radius 1 is 1.10 bits per heavy atom. The molecule has 9 nitrogen and oxygen atoms in total. The highest BCUT2D eigenvalue weighted by Gasteiger charge is 2.49. The predicted octanol–water partition coefficient (Wildman–Crippen LogP) is 1.01. The van der Waals surface area contributed by atoms with Gasteiger partial charge in [0.2, 0.25) is 26.0 Å². The molecule has 1 fully saturated rings. The normalized spacial score (nSPS) is 17.5. The van der Waals surface area contributed by atoms with Gasteiger partial charge in [-0.2, -0.15) is 0 Å². The zero-order chi connectivity index (χ0) is 23.0. The molecule has 2 aromatic rings. The van der Waals surface area contributed by atoms with Crippen LogP contribution < -0.4 is 14.8 Å². The molecule has 0 radical (unpaired) electrons. The van der Waals surface area contributed by atoms with E-state index in [1.807, 2.05) is 0 Å². The number of primary sulfonamides is 1. The molecular weight excluding hydrogens is 442 g/mol. The standard InChI is InChI=1S/C20H23N3O6S2/c1-20(2)13-30(26,27)23(19(20)25)16-7-5-15(6-8-16)18(24)22-12-11-14-3-9-17(10-4-14)31(21,28)29/h3-10H,11-13H2,1-2H3,(H,22,24)(H2,21,28,29). The number of amides is 2. The first-order valence-corrected chi connectivity index (χ1v) is 12.5. The number of sulfonamides is 2. The van der Waals surface area contributed by atoms with Crippen molar-refractivity contribution in [1.82, 2.24) is 5.32 Å². The molecule has 0 spiro atoms. The van der Waals surface area contributed by atoms with E-state index in [1.54, 1.807) is 26.0 Å². The Morgan fingerprint density at radius 3 is 2.16 bits per heavy atom. The second kappa shape index (κ2) is 8.06. The van der Waals surface area contributed by atoms with Crippen molar-refractivity contribution < 1.29 is 26.4 Å². The Bertz CT molecular complexity index is 1220. The summed E-state index contributed by atoms with van der Waals surface area (Å²) in [4.78, 5) is 24.8. The Kier molecular flexibility index (Phi) is 5.96. The summed E-state index contributed by atoms with van der Waals surface area (Å²) in [7, 11) is -7.50. The fourth-order valence-electron chi connectivity index (χ4n) is 3.28. The van der Waals surface area contributed by atoms with Crippen molar-refractivity contribution in [3.63, 3.8) is 0 Å². The maximum Gasteiger partial charge on any atom is 0.251 e. The highest BCUT2D eigenvalue weighted by molar-refractivity contribution is 7.94. The molecule has 2 aromatic carbocycles. The third-order valence-electron chi connectivity index (χ3n) is 4.90. The Morgan fingerprint density at radius 2 is 1.68 bits per heavy atom. The van der Waals surface area contributed by atoms with E-state index in [9.17, 15) is 26.4 Å². The van der Waals surface area contributed by atoms with Crippen LogP contribution in [0.5, 0.6) is 0 Å². The molecule has 3 N–H and O–H groups in total. The first kappa shape index (κ1) is 22.9. The van der Waals surface area contributed by atoms with Gasteiger partial charge in [0.05, 0.1) is 21.8 Å². The van der Waals surface area contributed by atoms with Crippen LogP contribution in [0.2, 0.25) is 0 Å². The van der Waals surface area contributed by atoms with Crippen molar-refractivity contribution in [3.8, 4) is 0 Å². The largest absolute Gasteiger partial charge is 0.352 e. The van der Waals surface area contributed by atoms with Gasteiger partial charge in [0.1, 0.15) is 0 Å². The maximum absolute atomic E-state index is 12.4. The smallest absolute Gasteiger partial charge is 0.251 e. The number of nitrogens with one attached hydrogen (secondary N) is 1. The van der Waals surface area contributed by atoms with Crippen molar-refractivity contribution in [3.05, 3.63) is 59.7 Å². The molecule has 1 aliphatic rings. The van der Waals surface area contributed by atoms with Gasteiger partial charge in [0, 0.05) is 12.1 Å². The monoisotopic (exact) mass is 465 g/mol. The number of carbonyl (C=O) groups is 2. The van der Waals surface area contributed by atoms with Gasteiger partial charge in [-0.25, -0.2) is 26.3 Å². The zero-order valence-corrected chi connectivity index (χ0v) is 18.7. The van der Waals surface area contributed by atoms with Gasteiger partial charge in [0.15, 0.2) is 0 Å². The van der Waals surface area contributed by atoms with Gasteiger partial charge in [0.25, 0.3) is 5.91 Å². The molecule has 0 saturated carbocycles. The van der Waals surface area contributed by atoms with Gasteiger partial charge >= 0.3 is 0 Å². The van der Waals surface area contributed by atoms with Crippen LogP contribution in [0, 0.1) is 5.41 Å². The number of carbonyl (C=O) groups excluding carboxylic acids is 2. The number of anilines is 1. The van der Waals surface area contributed by atoms with E-state index in [0.717, 1.165) is 9.87 Å². The molecular formula is C20H23N3O6S2. The molecule has 11 heteroatoms. The number of nitrogens with two attached hydrogens (primary N) is 1. The second-order valence-corrected chi connectivity index (χ2v) is 11.3. The van der Waals surface area contributed by atoms with Crippen LogP contribution in [0.25, 0.3) is 0 Å². The lowest BCUT2D eigenvalue weighted by Crippen LogP contribution is -2.33. The van der Waals surface area contributed by atoms with E-state index >= 15 is 0 Å². The van der Waals surface area contributed by atoms with E-state index in [1.165, 1.54) is 36.4 Å². The number of hydrogen-bond donors (Lipinski definition) is 2. The van der Waals surface area contributed by atoms with Crippen molar-refractivity contribution >= 4 is 37.5 Å². The van der Waals surface area contributed by atoms with Crippen LogP contribution in [0.15, 0.2) is 53.4 Å². The third kappa shape index (κ3) is 4.94. The molecule has 2 amide bonds. The Hall–Kier alpha value is -2.76. The summed E-state index contributed by atoms with van der Waals surface area (Å²) in [6.07, 6.45) is 0.477. The van der Waals surface area contributed by atoms with Crippen LogP contribution in [0.3, 0.4) is 0 Å². The number of rotatable bonds is 6. The lowest BCUT2D eigenvalue weighted by atomic mass is 9.95. The SMILES string of the molecule is CC1(C)CS(=O)(=O)N(c2ccc(C(=O)NCCc3ccc(S(N)(=O)=O)cc3)cc2)C1=O. The number of nitrogens with zero attached hydrogens (tertiary/aromatic N) is 1. The lowest BCUT2D eigenvalue weighted by Gasteiger charge is -2.17. The second-order valence-electron chi connectivity index (χ2n) is 7.95. The Balaban J connectivity index is 1.62. The van der Waals surface area contributed by atoms with E-state index in [-0.39, 0.29) is 22.2 Å². The highest BCUT2D eigenvalue weighted by atomic mass is 32.2. The van der Waals surface area contributed by atoms with E-state index in [2.05, 4.69) is 5.32 Å². The first-order chi connectivity index (χ1) is 14.3. The quantitative estimate of drug-likeness (QED) is 0.652. The molecule has 0 unspecified atom stereocenters. The van der Waals surface area contributed by atoms with Gasteiger partial charge in [-0.1, -0.05) is 12.1 Å². The molecule has 0 atom stereocenters. The van der Waals surface area contributed by atoms with Crippen molar-refractivity contribution in [2.45, 2.75) is 25.2 Å². The lowest BCUT2D eigenvalue weighted by molar-refractivity contribution is -0.123. The van der Waals surface area contributed by atoms with E-state index in [4.69, 9.17) is 5.14 Å². The number of benzene rings is 2. The average Bonchev–Trinajstić information content (AvgIpc) is 2.84.